The van der Waals surface area contributed by atoms with Crippen molar-refractivity contribution in [2.75, 3.05) is 33.2 Å². The number of aryl methyl sites for hydroxylation is 1. The van der Waals surface area contributed by atoms with E-state index >= 15 is 0 Å². The van der Waals surface area contributed by atoms with Gasteiger partial charge in [0.2, 0.25) is 11.8 Å². The van der Waals surface area contributed by atoms with Gasteiger partial charge >= 0.3 is 0 Å². The molecule has 156 valence electrons. The van der Waals surface area contributed by atoms with Gasteiger partial charge < -0.3 is 16.0 Å². The smallest absolute Gasteiger partial charge is 0.242 e. The molecule has 1 saturated heterocycles. The fourth-order valence-electron chi connectivity index (χ4n) is 3.08. The van der Waals surface area contributed by atoms with E-state index in [0.29, 0.717) is 6.54 Å². The minimum atomic E-state index is -0.397. The molecule has 0 aliphatic carbocycles. The van der Waals surface area contributed by atoms with Gasteiger partial charge in [-0.1, -0.05) is 6.92 Å². The highest BCUT2D eigenvalue weighted by Crippen LogP contribution is 2.14. The average molecular weight is 423 g/mol. The van der Waals surface area contributed by atoms with Gasteiger partial charge in [-0.2, -0.15) is 5.10 Å². The molecule has 27 heavy (non-hydrogen) atoms. The van der Waals surface area contributed by atoms with E-state index in [9.17, 15) is 9.59 Å². The number of rotatable bonds is 8. The number of carbonyl (C=O) groups excluding carboxylic acids is 2. The summed E-state index contributed by atoms with van der Waals surface area (Å²) in [5.74, 6) is 0.0470. The van der Waals surface area contributed by atoms with Crippen LogP contribution >= 0.6 is 24.8 Å². The summed E-state index contributed by atoms with van der Waals surface area (Å²) in [4.78, 5) is 26.5. The first kappa shape index (κ1) is 25.6. The molecule has 8 nitrogen and oxygen atoms in total. The van der Waals surface area contributed by atoms with E-state index in [-0.39, 0.29) is 42.7 Å². The first-order chi connectivity index (χ1) is 12.0. The minimum absolute atomic E-state index is 0. The molecule has 1 aliphatic rings. The van der Waals surface area contributed by atoms with E-state index in [2.05, 4.69) is 25.9 Å². The molecule has 2 amide bonds. The van der Waals surface area contributed by atoms with Gasteiger partial charge in [0.1, 0.15) is 6.04 Å². The zero-order valence-electron chi connectivity index (χ0n) is 16.2. The highest BCUT2D eigenvalue weighted by Gasteiger charge is 2.26. The van der Waals surface area contributed by atoms with Crippen LogP contribution in [0.1, 0.15) is 37.8 Å². The molecule has 1 unspecified atom stereocenters. The summed E-state index contributed by atoms with van der Waals surface area (Å²) >= 11 is 0. The third-order valence-corrected chi connectivity index (χ3v) is 4.48. The SMILES string of the molecule is CCCNC(=O)CN1CCC(NC(=O)C(NC)c2cnn(C)c2)CC1.Cl.Cl. The lowest BCUT2D eigenvalue weighted by molar-refractivity contribution is -0.125. The number of halogens is 2. The lowest BCUT2D eigenvalue weighted by Crippen LogP contribution is -2.49. The Morgan fingerprint density at radius 3 is 2.48 bits per heavy atom. The van der Waals surface area contributed by atoms with Gasteiger partial charge in [-0.3, -0.25) is 19.2 Å². The van der Waals surface area contributed by atoms with E-state index in [1.165, 1.54) is 0 Å². The normalized spacial score (nSPS) is 16.0. The fraction of sp³-hybridized carbons (Fsp3) is 0.706. The predicted octanol–water partition coefficient (Wildman–Crippen LogP) is 0.631. The molecular formula is C17H32Cl2N6O2. The summed E-state index contributed by atoms with van der Waals surface area (Å²) < 4.78 is 1.69. The lowest BCUT2D eigenvalue weighted by atomic mass is 10.0. The van der Waals surface area contributed by atoms with Gasteiger partial charge in [-0.25, -0.2) is 0 Å². The Morgan fingerprint density at radius 1 is 1.30 bits per heavy atom. The van der Waals surface area contributed by atoms with Crippen LogP contribution in [0.4, 0.5) is 0 Å². The van der Waals surface area contributed by atoms with E-state index in [1.54, 1.807) is 17.9 Å². The van der Waals surface area contributed by atoms with Crippen molar-refractivity contribution in [1.82, 2.24) is 30.6 Å². The Balaban J connectivity index is 0.00000338. The van der Waals surface area contributed by atoms with E-state index in [0.717, 1.165) is 44.5 Å². The maximum Gasteiger partial charge on any atom is 0.242 e. The summed E-state index contributed by atoms with van der Waals surface area (Å²) in [7, 11) is 3.61. The molecule has 0 radical (unpaired) electrons. The first-order valence-corrected chi connectivity index (χ1v) is 8.98. The molecule has 0 aromatic carbocycles. The molecule has 2 heterocycles. The van der Waals surface area contributed by atoms with Crippen molar-refractivity contribution in [3.05, 3.63) is 18.0 Å². The topological polar surface area (TPSA) is 91.3 Å². The van der Waals surface area contributed by atoms with Gasteiger partial charge in [0.15, 0.2) is 0 Å². The quantitative estimate of drug-likeness (QED) is 0.571. The highest BCUT2D eigenvalue weighted by atomic mass is 35.5. The van der Waals surface area contributed by atoms with Gasteiger partial charge in [0, 0.05) is 44.5 Å². The van der Waals surface area contributed by atoms with Gasteiger partial charge in [0.25, 0.3) is 0 Å². The number of piperidine rings is 1. The van der Waals surface area contributed by atoms with Crippen LogP contribution in [-0.4, -0.2) is 65.8 Å². The number of nitrogens with zero attached hydrogens (tertiary/aromatic N) is 3. The monoisotopic (exact) mass is 422 g/mol. The Morgan fingerprint density at radius 2 is 1.96 bits per heavy atom. The van der Waals surface area contributed by atoms with E-state index in [1.807, 2.05) is 20.2 Å². The molecule has 1 atom stereocenters. The van der Waals surface area contributed by atoms with Crippen LogP contribution in [0, 0.1) is 0 Å². The van der Waals surface area contributed by atoms with Crippen LogP contribution < -0.4 is 16.0 Å². The number of carbonyl (C=O) groups is 2. The Labute approximate surface area is 173 Å². The number of nitrogens with one attached hydrogen (secondary N) is 3. The summed E-state index contributed by atoms with van der Waals surface area (Å²) in [6.45, 7) is 4.85. The van der Waals surface area contributed by atoms with Crippen LogP contribution in [0.15, 0.2) is 12.4 Å². The number of amides is 2. The number of hydrogen-bond acceptors (Lipinski definition) is 5. The number of aromatic nitrogens is 2. The molecule has 1 aromatic rings. The zero-order chi connectivity index (χ0) is 18.2. The minimum Gasteiger partial charge on any atom is -0.355 e. The standard InChI is InChI=1S/C17H30N6O2.2ClH/c1-4-7-19-15(24)12-23-8-5-14(6-9-23)21-17(25)16(18-2)13-10-20-22(3)11-13;;/h10-11,14,16,18H,4-9,12H2,1-3H3,(H,19,24)(H,21,25);2*1H. The van der Waals surface area contributed by atoms with Gasteiger partial charge in [0.05, 0.1) is 12.7 Å². The molecular weight excluding hydrogens is 391 g/mol. The van der Waals surface area contributed by atoms with Crippen molar-refractivity contribution in [3.8, 4) is 0 Å². The third kappa shape index (κ3) is 8.04. The number of likely N-dealkylation sites (tertiary alicyclic amines) is 1. The van der Waals surface area contributed by atoms with Gasteiger partial charge in [-0.15, -0.1) is 24.8 Å². The molecule has 1 fully saturated rings. The number of likely N-dealkylation sites (N-methyl/N-ethyl adjacent to an activating group) is 1. The second-order valence-electron chi connectivity index (χ2n) is 6.58. The Bertz CT molecular complexity index is 576. The summed E-state index contributed by atoms with van der Waals surface area (Å²) in [5.41, 5.74) is 0.854. The van der Waals surface area contributed by atoms with Crippen molar-refractivity contribution >= 4 is 36.6 Å². The largest absolute Gasteiger partial charge is 0.355 e. The molecule has 0 bridgehead atoms. The summed E-state index contributed by atoms with van der Waals surface area (Å²) in [6.07, 6.45) is 6.21. The van der Waals surface area contributed by atoms with Crippen LogP contribution in [0.2, 0.25) is 0 Å². The molecule has 10 heteroatoms. The fourth-order valence-corrected chi connectivity index (χ4v) is 3.08. The van der Waals surface area contributed by atoms with Crippen molar-refractivity contribution in [3.63, 3.8) is 0 Å². The predicted molar refractivity (Wildman–Crippen MR) is 110 cm³/mol. The summed E-state index contributed by atoms with van der Waals surface area (Å²) in [6, 6.07) is -0.249. The molecule has 1 aromatic heterocycles. The second-order valence-corrected chi connectivity index (χ2v) is 6.58. The highest BCUT2D eigenvalue weighted by molar-refractivity contribution is 5.85. The molecule has 3 N–H and O–H groups in total. The molecule has 2 rings (SSSR count). The molecule has 0 spiro atoms. The second kappa shape index (κ2) is 12.9. The number of hydrogen-bond donors (Lipinski definition) is 3. The Kier molecular flexibility index (Phi) is 12.3. The molecule has 0 saturated carbocycles. The van der Waals surface area contributed by atoms with E-state index < -0.39 is 6.04 Å². The summed E-state index contributed by atoms with van der Waals surface area (Å²) in [5, 5.41) is 13.2. The Hall–Kier alpha value is -1.35. The van der Waals surface area contributed by atoms with Gasteiger partial charge in [-0.05, 0) is 26.3 Å². The van der Waals surface area contributed by atoms with E-state index in [4.69, 9.17) is 0 Å². The van der Waals surface area contributed by atoms with Crippen LogP contribution in [0.25, 0.3) is 0 Å². The zero-order valence-corrected chi connectivity index (χ0v) is 17.9. The van der Waals surface area contributed by atoms with Crippen LogP contribution in [-0.2, 0) is 16.6 Å². The van der Waals surface area contributed by atoms with Crippen LogP contribution in [0.3, 0.4) is 0 Å². The maximum absolute atomic E-state index is 12.5. The van der Waals surface area contributed by atoms with Crippen molar-refractivity contribution in [1.29, 1.82) is 0 Å². The first-order valence-electron chi connectivity index (χ1n) is 8.98. The third-order valence-electron chi connectivity index (χ3n) is 4.48. The van der Waals surface area contributed by atoms with Crippen molar-refractivity contribution < 1.29 is 9.59 Å². The van der Waals surface area contributed by atoms with Crippen molar-refractivity contribution in [2.45, 2.75) is 38.3 Å². The molecule has 1 aliphatic heterocycles. The van der Waals surface area contributed by atoms with Crippen LogP contribution in [0.5, 0.6) is 0 Å². The lowest BCUT2D eigenvalue weighted by Gasteiger charge is -2.32. The van der Waals surface area contributed by atoms with Crippen molar-refractivity contribution in [2.24, 2.45) is 7.05 Å². The average Bonchev–Trinajstić information content (AvgIpc) is 3.01. The maximum atomic E-state index is 12.5.